The number of carboxylic acid groups (broad SMARTS) is 1. The molecule has 5 nitrogen and oxygen atoms in total. The van der Waals surface area contributed by atoms with Crippen LogP contribution in [0.4, 0.5) is 0 Å². The van der Waals surface area contributed by atoms with Crippen molar-refractivity contribution in [1.29, 1.82) is 0 Å². The Morgan fingerprint density at radius 3 is 2.68 bits per heavy atom. The highest BCUT2D eigenvalue weighted by Gasteiger charge is 2.27. The van der Waals surface area contributed by atoms with Crippen LogP contribution >= 0.6 is 15.9 Å². The fraction of sp³-hybridized carbons (Fsp3) is 0.385. The predicted molar refractivity (Wildman–Crippen MR) is 73.9 cm³/mol. The van der Waals surface area contributed by atoms with E-state index < -0.39 is 12.0 Å². The van der Waals surface area contributed by atoms with Gasteiger partial charge < -0.3 is 15.3 Å². The number of hydrogen-bond donors (Lipinski definition) is 2. The molecule has 102 valence electrons. The number of aliphatic carboxylic acids is 1. The lowest BCUT2D eigenvalue weighted by atomic mass is 10.1. The number of rotatable bonds is 3. The number of halogens is 1. The summed E-state index contributed by atoms with van der Waals surface area (Å²) in [7, 11) is 0. The van der Waals surface area contributed by atoms with Crippen molar-refractivity contribution < 1.29 is 14.7 Å². The third-order valence-corrected chi connectivity index (χ3v) is 3.62. The molecular formula is C13H15BrN2O3. The van der Waals surface area contributed by atoms with Gasteiger partial charge >= 0.3 is 5.97 Å². The van der Waals surface area contributed by atoms with Gasteiger partial charge in [-0.3, -0.25) is 9.59 Å². The lowest BCUT2D eigenvalue weighted by Gasteiger charge is -2.31. The number of nitrogens with zero attached hydrogens (tertiary/aromatic N) is 1. The van der Waals surface area contributed by atoms with Crippen LogP contribution in [0.2, 0.25) is 0 Å². The molecule has 1 aromatic rings. The van der Waals surface area contributed by atoms with Crippen molar-refractivity contribution in [2.24, 2.45) is 0 Å². The minimum absolute atomic E-state index is 0.0323. The summed E-state index contributed by atoms with van der Waals surface area (Å²) in [6, 6.07) is 6.89. The van der Waals surface area contributed by atoms with Gasteiger partial charge in [0.25, 0.3) is 0 Å². The zero-order chi connectivity index (χ0) is 13.8. The van der Waals surface area contributed by atoms with Gasteiger partial charge in [0.2, 0.25) is 5.91 Å². The summed E-state index contributed by atoms with van der Waals surface area (Å²) < 4.78 is 0.969. The zero-order valence-corrected chi connectivity index (χ0v) is 11.9. The maximum atomic E-state index is 12.1. The Kier molecular flexibility index (Phi) is 4.55. The first-order valence-corrected chi connectivity index (χ1v) is 6.84. The normalized spacial score (nSPS) is 19.2. The van der Waals surface area contributed by atoms with Crippen LogP contribution in [0.15, 0.2) is 28.7 Å². The van der Waals surface area contributed by atoms with E-state index in [0.29, 0.717) is 19.5 Å². The van der Waals surface area contributed by atoms with E-state index in [2.05, 4.69) is 21.2 Å². The molecule has 1 heterocycles. The zero-order valence-electron chi connectivity index (χ0n) is 10.3. The van der Waals surface area contributed by atoms with Crippen molar-refractivity contribution in [3.8, 4) is 0 Å². The predicted octanol–water partition coefficient (Wildman–Crippen LogP) is 0.877. The van der Waals surface area contributed by atoms with Crippen LogP contribution in [0.3, 0.4) is 0 Å². The van der Waals surface area contributed by atoms with Gasteiger partial charge in [-0.1, -0.05) is 28.1 Å². The van der Waals surface area contributed by atoms with Crippen LogP contribution in [-0.4, -0.2) is 47.6 Å². The minimum Gasteiger partial charge on any atom is -0.480 e. The van der Waals surface area contributed by atoms with E-state index in [0.717, 1.165) is 10.0 Å². The Bertz CT molecular complexity index is 475. The van der Waals surface area contributed by atoms with Crippen molar-refractivity contribution in [3.63, 3.8) is 0 Å². The molecule has 19 heavy (non-hydrogen) atoms. The van der Waals surface area contributed by atoms with Gasteiger partial charge in [-0.2, -0.15) is 0 Å². The van der Waals surface area contributed by atoms with E-state index in [1.807, 2.05) is 24.3 Å². The third-order valence-electron chi connectivity index (χ3n) is 3.09. The van der Waals surface area contributed by atoms with E-state index >= 15 is 0 Å². The number of hydrogen-bond acceptors (Lipinski definition) is 3. The largest absolute Gasteiger partial charge is 0.480 e. The highest BCUT2D eigenvalue weighted by Crippen LogP contribution is 2.12. The van der Waals surface area contributed by atoms with Crippen LogP contribution in [0.5, 0.6) is 0 Å². The van der Waals surface area contributed by atoms with Gasteiger partial charge in [0.05, 0.1) is 6.42 Å². The lowest BCUT2D eigenvalue weighted by molar-refractivity contribution is -0.142. The first-order chi connectivity index (χ1) is 9.06. The van der Waals surface area contributed by atoms with E-state index in [9.17, 15) is 9.59 Å². The average molecular weight is 327 g/mol. The minimum atomic E-state index is -0.916. The molecule has 0 spiro atoms. The second kappa shape index (κ2) is 6.16. The standard InChI is InChI=1S/C13H15BrN2O3/c14-10-3-1-9(2-4-10)7-12(17)16-6-5-15-11(8-16)13(18)19/h1-4,11,15H,5-8H2,(H,18,19). The Balaban J connectivity index is 1.96. The molecule has 0 radical (unpaired) electrons. The molecule has 0 aromatic heterocycles. The molecule has 0 bridgehead atoms. The number of benzene rings is 1. The van der Waals surface area contributed by atoms with E-state index in [-0.39, 0.29) is 12.5 Å². The third kappa shape index (κ3) is 3.78. The Morgan fingerprint density at radius 1 is 1.37 bits per heavy atom. The molecule has 6 heteroatoms. The monoisotopic (exact) mass is 326 g/mol. The van der Waals surface area contributed by atoms with E-state index in [1.165, 1.54) is 0 Å². The Hall–Kier alpha value is -1.40. The molecule has 1 aliphatic rings. The van der Waals surface area contributed by atoms with Gasteiger partial charge in [0.1, 0.15) is 6.04 Å². The summed E-state index contributed by atoms with van der Waals surface area (Å²) in [6.45, 7) is 1.30. The summed E-state index contributed by atoms with van der Waals surface area (Å²) in [4.78, 5) is 24.6. The SMILES string of the molecule is O=C(O)C1CN(C(=O)Cc2ccc(Br)cc2)CCN1. The topological polar surface area (TPSA) is 69.6 Å². The molecular weight excluding hydrogens is 312 g/mol. The average Bonchev–Trinajstić information content (AvgIpc) is 2.41. The number of piperazine rings is 1. The van der Waals surface area contributed by atoms with Crippen molar-refractivity contribution in [2.75, 3.05) is 19.6 Å². The summed E-state index contributed by atoms with van der Waals surface area (Å²) in [5.74, 6) is -0.948. The van der Waals surface area contributed by atoms with Crippen LogP contribution in [0.1, 0.15) is 5.56 Å². The van der Waals surface area contributed by atoms with Gasteiger partial charge in [0.15, 0.2) is 0 Å². The first kappa shape index (κ1) is 14.0. The highest BCUT2D eigenvalue weighted by molar-refractivity contribution is 9.10. The fourth-order valence-electron chi connectivity index (χ4n) is 2.03. The quantitative estimate of drug-likeness (QED) is 0.865. The second-order valence-corrected chi connectivity index (χ2v) is 5.40. The summed E-state index contributed by atoms with van der Waals surface area (Å²) in [6.07, 6.45) is 0.305. The van der Waals surface area contributed by atoms with Crippen LogP contribution < -0.4 is 5.32 Å². The molecule has 1 aliphatic heterocycles. The molecule has 1 amide bonds. The van der Waals surface area contributed by atoms with E-state index in [1.54, 1.807) is 4.90 Å². The summed E-state index contributed by atoms with van der Waals surface area (Å²) in [5.41, 5.74) is 0.929. The number of carbonyl (C=O) groups excluding carboxylic acids is 1. The molecule has 2 N–H and O–H groups in total. The van der Waals surface area contributed by atoms with Gasteiger partial charge in [0, 0.05) is 24.1 Å². The van der Waals surface area contributed by atoms with Gasteiger partial charge in [-0.05, 0) is 17.7 Å². The molecule has 0 aliphatic carbocycles. The Morgan fingerprint density at radius 2 is 2.05 bits per heavy atom. The molecule has 2 rings (SSSR count). The molecule has 1 aromatic carbocycles. The van der Waals surface area contributed by atoms with Gasteiger partial charge in [-0.25, -0.2) is 0 Å². The van der Waals surface area contributed by atoms with Crippen LogP contribution in [0, 0.1) is 0 Å². The van der Waals surface area contributed by atoms with Crippen molar-refractivity contribution in [2.45, 2.75) is 12.5 Å². The number of carboxylic acids is 1. The van der Waals surface area contributed by atoms with Crippen LogP contribution in [-0.2, 0) is 16.0 Å². The van der Waals surface area contributed by atoms with Gasteiger partial charge in [-0.15, -0.1) is 0 Å². The fourth-order valence-corrected chi connectivity index (χ4v) is 2.29. The maximum absolute atomic E-state index is 12.1. The second-order valence-electron chi connectivity index (χ2n) is 4.49. The molecule has 1 atom stereocenters. The highest BCUT2D eigenvalue weighted by atomic mass is 79.9. The molecule has 1 fully saturated rings. The molecule has 1 unspecified atom stereocenters. The molecule has 1 saturated heterocycles. The Labute approximate surface area is 119 Å². The van der Waals surface area contributed by atoms with E-state index in [4.69, 9.17) is 5.11 Å². The first-order valence-electron chi connectivity index (χ1n) is 6.04. The number of carbonyl (C=O) groups is 2. The summed E-state index contributed by atoms with van der Waals surface area (Å²) >= 11 is 3.34. The van der Waals surface area contributed by atoms with Crippen molar-refractivity contribution >= 4 is 27.8 Å². The van der Waals surface area contributed by atoms with Crippen molar-refractivity contribution in [1.82, 2.24) is 10.2 Å². The van der Waals surface area contributed by atoms with Crippen LogP contribution in [0.25, 0.3) is 0 Å². The summed E-state index contributed by atoms with van der Waals surface area (Å²) in [5, 5.41) is 11.8. The lowest BCUT2D eigenvalue weighted by Crippen LogP contribution is -2.56. The smallest absolute Gasteiger partial charge is 0.322 e. The molecule has 0 saturated carbocycles. The number of nitrogens with one attached hydrogen (secondary N) is 1. The van der Waals surface area contributed by atoms with Crippen molar-refractivity contribution in [3.05, 3.63) is 34.3 Å². The number of amides is 1. The maximum Gasteiger partial charge on any atom is 0.322 e.